The summed E-state index contributed by atoms with van der Waals surface area (Å²) in [6.07, 6.45) is 0. The van der Waals surface area contributed by atoms with E-state index in [1.54, 1.807) is 32.7 Å². The van der Waals surface area contributed by atoms with E-state index in [9.17, 15) is 18.7 Å². The van der Waals surface area contributed by atoms with E-state index in [2.05, 4.69) is 0 Å². The summed E-state index contributed by atoms with van der Waals surface area (Å²) < 4.78 is 26.0. The number of aliphatic hydroxyl groups is 1. The molecule has 1 aromatic rings. The lowest BCUT2D eigenvalue weighted by molar-refractivity contribution is 0.0438. The van der Waals surface area contributed by atoms with E-state index in [1.165, 1.54) is 6.07 Å². The van der Waals surface area contributed by atoms with Gasteiger partial charge in [0.25, 0.3) is 0 Å². The van der Waals surface area contributed by atoms with Gasteiger partial charge in [-0.15, -0.1) is 0 Å². The number of halogens is 2. The molecule has 1 atom stereocenters. The Morgan fingerprint density at radius 3 is 2.42 bits per heavy atom. The summed E-state index contributed by atoms with van der Waals surface area (Å²) in [7, 11) is 1.71. The van der Waals surface area contributed by atoms with Crippen molar-refractivity contribution >= 4 is 5.78 Å². The number of hydrogen-bond donors (Lipinski definition) is 1. The molecule has 1 unspecified atom stereocenters. The second-order valence-electron chi connectivity index (χ2n) is 5.25. The first-order chi connectivity index (χ1) is 8.70. The van der Waals surface area contributed by atoms with Gasteiger partial charge in [-0.25, -0.2) is 8.78 Å². The highest BCUT2D eigenvalue weighted by Gasteiger charge is 2.30. The quantitative estimate of drug-likeness (QED) is 0.835. The predicted molar refractivity (Wildman–Crippen MR) is 69.1 cm³/mol. The Bertz CT molecular complexity index is 475. The first-order valence-electron chi connectivity index (χ1n) is 6.03. The van der Waals surface area contributed by atoms with Crippen LogP contribution in [-0.2, 0) is 0 Å². The molecule has 0 aromatic heterocycles. The van der Waals surface area contributed by atoms with Crippen LogP contribution in [0.2, 0.25) is 0 Å². The van der Waals surface area contributed by atoms with Gasteiger partial charge in [-0.05, 0) is 46.0 Å². The third-order valence-corrected chi connectivity index (χ3v) is 3.51. The molecule has 0 bridgehead atoms. The molecule has 0 fully saturated rings. The van der Waals surface area contributed by atoms with E-state index < -0.39 is 23.2 Å². The van der Waals surface area contributed by atoms with E-state index in [4.69, 9.17) is 0 Å². The molecular weight excluding hydrogens is 252 g/mol. The largest absolute Gasteiger partial charge is 0.394 e. The normalized spacial score (nSPS) is 13.7. The summed E-state index contributed by atoms with van der Waals surface area (Å²) in [5, 5.41) is 9.28. The summed E-state index contributed by atoms with van der Waals surface area (Å²) >= 11 is 0. The minimum Gasteiger partial charge on any atom is -0.394 e. The second kappa shape index (κ2) is 5.75. The fourth-order valence-electron chi connectivity index (χ4n) is 1.70. The first-order valence-corrected chi connectivity index (χ1v) is 6.03. The topological polar surface area (TPSA) is 40.5 Å². The molecule has 1 N–H and O–H groups in total. The number of aliphatic hydroxyl groups excluding tert-OH is 1. The molecule has 0 heterocycles. The van der Waals surface area contributed by atoms with Crippen molar-refractivity contribution < 1.29 is 18.7 Å². The monoisotopic (exact) mass is 271 g/mol. The molecular formula is C14H19F2NO2. The molecule has 19 heavy (non-hydrogen) atoms. The van der Waals surface area contributed by atoms with Crippen LogP contribution in [0.25, 0.3) is 0 Å². The molecule has 106 valence electrons. The van der Waals surface area contributed by atoms with Gasteiger partial charge in [0.15, 0.2) is 17.4 Å². The lowest BCUT2D eigenvalue weighted by atomic mass is 9.98. The lowest BCUT2D eigenvalue weighted by Gasteiger charge is -2.37. The van der Waals surface area contributed by atoms with Crippen LogP contribution in [-0.4, -0.2) is 41.0 Å². The van der Waals surface area contributed by atoms with Gasteiger partial charge >= 0.3 is 0 Å². The van der Waals surface area contributed by atoms with Crippen LogP contribution in [0.15, 0.2) is 18.2 Å². The molecule has 0 spiro atoms. The van der Waals surface area contributed by atoms with Crippen molar-refractivity contribution in [3.8, 4) is 0 Å². The van der Waals surface area contributed by atoms with Gasteiger partial charge in [-0.1, -0.05) is 0 Å². The Hall–Kier alpha value is -1.33. The maximum atomic E-state index is 13.1. The molecule has 5 heteroatoms. The number of ketones is 1. The van der Waals surface area contributed by atoms with Crippen molar-refractivity contribution in [2.24, 2.45) is 0 Å². The van der Waals surface area contributed by atoms with Crippen LogP contribution in [0.4, 0.5) is 8.78 Å². The van der Waals surface area contributed by atoms with Crippen LogP contribution in [0.3, 0.4) is 0 Å². The second-order valence-corrected chi connectivity index (χ2v) is 5.25. The van der Waals surface area contributed by atoms with Gasteiger partial charge in [0, 0.05) is 11.1 Å². The molecule has 0 radical (unpaired) electrons. The predicted octanol–water partition coefficient (Wildman–Crippen LogP) is 2.24. The van der Waals surface area contributed by atoms with Crippen molar-refractivity contribution in [3.05, 3.63) is 35.4 Å². The van der Waals surface area contributed by atoms with Crippen LogP contribution >= 0.6 is 0 Å². The average molecular weight is 271 g/mol. The Balaban J connectivity index is 2.96. The third kappa shape index (κ3) is 3.36. The number of carbonyl (C=O) groups excluding carboxylic acids is 1. The number of benzene rings is 1. The zero-order chi connectivity index (χ0) is 14.8. The molecule has 0 amide bonds. The number of nitrogens with zero attached hydrogens (tertiary/aromatic N) is 1. The van der Waals surface area contributed by atoms with Crippen molar-refractivity contribution in [1.82, 2.24) is 4.90 Å². The fourth-order valence-corrected chi connectivity index (χ4v) is 1.70. The highest BCUT2D eigenvalue weighted by Crippen LogP contribution is 2.18. The van der Waals surface area contributed by atoms with Gasteiger partial charge in [0.1, 0.15) is 0 Å². The highest BCUT2D eigenvalue weighted by atomic mass is 19.2. The van der Waals surface area contributed by atoms with Gasteiger partial charge in [-0.2, -0.15) is 0 Å². The van der Waals surface area contributed by atoms with E-state index in [1.807, 2.05) is 0 Å². The van der Waals surface area contributed by atoms with Gasteiger partial charge in [0.2, 0.25) is 0 Å². The van der Waals surface area contributed by atoms with Crippen molar-refractivity contribution in [2.75, 3.05) is 13.7 Å². The van der Waals surface area contributed by atoms with E-state index in [-0.39, 0.29) is 18.0 Å². The van der Waals surface area contributed by atoms with Crippen molar-refractivity contribution in [2.45, 2.75) is 32.4 Å². The van der Waals surface area contributed by atoms with Crippen molar-refractivity contribution in [3.63, 3.8) is 0 Å². The lowest BCUT2D eigenvalue weighted by Crippen LogP contribution is -2.51. The Labute approximate surface area is 111 Å². The first kappa shape index (κ1) is 15.7. The van der Waals surface area contributed by atoms with E-state index in [0.717, 1.165) is 12.1 Å². The molecule has 3 nitrogen and oxygen atoms in total. The molecule has 1 aromatic carbocycles. The minimum absolute atomic E-state index is 0.112. The third-order valence-electron chi connectivity index (χ3n) is 3.51. The van der Waals surface area contributed by atoms with Gasteiger partial charge in [0.05, 0.1) is 12.6 Å². The highest BCUT2D eigenvalue weighted by molar-refractivity contribution is 5.99. The molecule has 1 rings (SSSR count). The van der Waals surface area contributed by atoms with Crippen molar-refractivity contribution in [1.29, 1.82) is 0 Å². The molecule has 0 saturated heterocycles. The standard InChI is InChI=1S/C14H19F2NO2/c1-9(17(4)14(2,3)8-18)13(19)10-5-6-11(15)12(16)7-10/h5-7,9,18H,8H2,1-4H3. The molecule has 0 aliphatic rings. The zero-order valence-corrected chi connectivity index (χ0v) is 11.6. The fraction of sp³-hybridized carbons (Fsp3) is 0.500. The maximum absolute atomic E-state index is 13.1. The van der Waals surface area contributed by atoms with Gasteiger partial charge in [-0.3, -0.25) is 9.69 Å². The smallest absolute Gasteiger partial charge is 0.179 e. The van der Waals surface area contributed by atoms with Gasteiger partial charge < -0.3 is 5.11 Å². The number of likely N-dealkylation sites (N-methyl/N-ethyl adjacent to an activating group) is 1. The molecule has 0 aliphatic carbocycles. The average Bonchev–Trinajstić information content (AvgIpc) is 2.39. The Morgan fingerprint density at radius 1 is 1.37 bits per heavy atom. The Morgan fingerprint density at radius 2 is 1.95 bits per heavy atom. The summed E-state index contributed by atoms with van der Waals surface area (Å²) in [5.74, 6) is -2.33. The molecule has 0 aliphatic heterocycles. The van der Waals surface area contributed by atoms with Crippen LogP contribution in [0.5, 0.6) is 0 Å². The van der Waals surface area contributed by atoms with E-state index in [0.29, 0.717) is 0 Å². The number of Topliss-reactive ketones (excluding diaryl/α,β-unsaturated/α-hetero) is 1. The Kier molecular flexibility index (Phi) is 4.76. The minimum atomic E-state index is -1.04. The van der Waals surface area contributed by atoms with Crippen LogP contribution < -0.4 is 0 Å². The summed E-state index contributed by atoms with van der Waals surface area (Å²) in [6, 6.07) is 2.55. The maximum Gasteiger partial charge on any atom is 0.179 e. The SMILES string of the molecule is CC(C(=O)c1ccc(F)c(F)c1)N(C)C(C)(C)CO. The number of rotatable bonds is 5. The molecule has 0 saturated carbocycles. The zero-order valence-electron chi connectivity index (χ0n) is 11.6. The van der Waals surface area contributed by atoms with E-state index >= 15 is 0 Å². The van der Waals surface area contributed by atoms with Crippen LogP contribution in [0.1, 0.15) is 31.1 Å². The summed E-state index contributed by atoms with van der Waals surface area (Å²) in [5.41, 5.74) is -0.458. The van der Waals surface area contributed by atoms with Crippen LogP contribution in [0, 0.1) is 11.6 Å². The number of carbonyl (C=O) groups is 1. The summed E-state index contributed by atoms with van der Waals surface area (Å²) in [4.78, 5) is 13.9. The summed E-state index contributed by atoms with van der Waals surface area (Å²) in [6.45, 7) is 5.14. The number of hydrogen-bond acceptors (Lipinski definition) is 3.